The molecule has 19 heavy (non-hydrogen) atoms. The van der Waals surface area contributed by atoms with Gasteiger partial charge in [-0.15, -0.1) is 0 Å². The Balaban J connectivity index is 2.91. The van der Waals surface area contributed by atoms with Crippen molar-refractivity contribution < 1.29 is 4.79 Å². The second-order valence-corrected chi connectivity index (χ2v) is 5.30. The Kier molecular flexibility index (Phi) is 5.48. The van der Waals surface area contributed by atoms with Crippen LogP contribution in [0.4, 0.5) is 11.4 Å². The Hall–Kier alpha value is -1.42. The van der Waals surface area contributed by atoms with Crippen LogP contribution in [0, 0.1) is 6.92 Å². The lowest BCUT2D eigenvalue weighted by molar-refractivity contribution is -0.120. The molecule has 0 aromatic heterocycles. The number of hydrogen-bond donors (Lipinski definition) is 2. The third kappa shape index (κ3) is 4.31. The molecular formula is C14H22ClN3O. The molecule has 0 aliphatic carbocycles. The predicted octanol–water partition coefficient (Wildman–Crippen LogP) is 2.58. The maximum atomic E-state index is 11.8. The number of nitrogens with one attached hydrogen (secondary N) is 1. The van der Waals surface area contributed by atoms with Gasteiger partial charge < -0.3 is 16.0 Å². The molecule has 0 aliphatic rings. The molecule has 106 valence electrons. The molecule has 1 amide bonds. The molecule has 1 aromatic carbocycles. The van der Waals surface area contributed by atoms with Gasteiger partial charge in [-0.1, -0.05) is 11.6 Å². The number of rotatable bonds is 5. The molecule has 0 heterocycles. The van der Waals surface area contributed by atoms with Gasteiger partial charge in [0, 0.05) is 18.3 Å². The van der Waals surface area contributed by atoms with Gasteiger partial charge in [0.05, 0.1) is 17.3 Å². The first kappa shape index (κ1) is 15.6. The average Bonchev–Trinajstić information content (AvgIpc) is 2.30. The van der Waals surface area contributed by atoms with Crippen molar-refractivity contribution in [2.75, 3.05) is 23.7 Å². The Bertz CT molecular complexity index is 460. The Morgan fingerprint density at radius 1 is 1.47 bits per heavy atom. The van der Waals surface area contributed by atoms with Crippen molar-refractivity contribution >= 4 is 28.9 Å². The van der Waals surface area contributed by atoms with Crippen LogP contribution in [-0.4, -0.2) is 25.0 Å². The van der Waals surface area contributed by atoms with Crippen molar-refractivity contribution in [3.05, 3.63) is 22.7 Å². The highest BCUT2D eigenvalue weighted by Crippen LogP contribution is 2.29. The number of aryl methyl sites for hydroxylation is 1. The molecule has 0 saturated carbocycles. The molecule has 0 atom stereocenters. The number of halogens is 1. The summed E-state index contributed by atoms with van der Waals surface area (Å²) < 4.78 is 0. The van der Waals surface area contributed by atoms with E-state index in [-0.39, 0.29) is 11.9 Å². The predicted molar refractivity (Wildman–Crippen MR) is 81.8 cm³/mol. The Morgan fingerprint density at radius 2 is 2.11 bits per heavy atom. The van der Waals surface area contributed by atoms with Crippen LogP contribution in [0.5, 0.6) is 0 Å². The quantitative estimate of drug-likeness (QED) is 0.817. The Morgan fingerprint density at radius 3 is 2.63 bits per heavy atom. The van der Waals surface area contributed by atoms with Crippen LogP contribution in [0.25, 0.3) is 0 Å². The zero-order valence-corrected chi connectivity index (χ0v) is 12.7. The monoisotopic (exact) mass is 283 g/mol. The topological polar surface area (TPSA) is 58.4 Å². The van der Waals surface area contributed by atoms with E-state index in [9.17, 15) is 4.79 Å². The smallest absolute Gasteiger partial charge is 0.239 e. The second kappa shape index (κ2) is 6.66. The molecule has 0 spiro atoms. The summed E-state index contributed by atoms with van der Waals surface area (Å²) >= 11 is 6.06. The van der Waals surface area contributed by atoms with Gasteiger partial charge in [0.25, 0.3) is 0 Å². The lowest BCUT2D eigenvalue weighted by Crippen LogP contribution is -2.40. The van der Waals surface area contributed by atoms with Crippen molar-refractivity contribution in [1.29, 1.82) is 0 Å². The third-order valence-corrected chi connectivity index (χ3v) is 3.15. The molecule has 4 nitrogen and oxygen atoms in total. The van der Waals surface area contributed by atoms with Gasteiger partial charge in [-0.2, -0.15) is 0 Å². The first-order valence-electron chi connectivity index (χ1n) is 6.45. The summed E-state index contributed by atoms with van der Waals surface area (Å²) in [5.74, 6) is 0.00389. The summed E-state index contributed by atoms with van der Waals surface area (Å²) in [6.45, 7) is 8.90. The Labute approximate surface area is 119 Å². The van der Waals surface area contributed by atoms with Gasteiger partial charge >= 0.3 is 0 Å². The zero-order chi connectivity index (χ0) is 14.6. The number of benzene rings is 1. The number of hydrogen-bond acceptors (Lipinski definition) is 3. The lowest BCUT2D eigenvalue weighted by atomic mass is 10.1. The van der Waals surface area contributed by atoms with E-state index in [1.165, 1.54) is 0 Å². The fourth-order valence-electron chi connectivity index (χ4n) is 1.94. The van der Waals surface area contributed by atoms with Gasteiger partial charge in [0.2, 0.25) is 5.91 Å². The highest BCUT2D eigenvalue weighted by atomic mass is 35.5. The third-order valence-electron chi connectivity index (χ3n) is 2.82. The standard InChI is InChI=1S/C14H22ClN3O/c1-5-18(8-14(19)17-9(2)3)13-7-11(15)12(16)6-10(13)4/h6-7,9H,5,8,16H2,1-4H3,(H,17,19). The molecule has 0 fully saturated rings. The number of carbonyl (C=O) groups is 1. The van der Waals surface area contributed by atoms with E-state index < -0.39 is 0 Å². The summed E-state index contributed by atoms with van der Waals surface area (Å²) in [5, 5.41) is 3.40. The summed E-state index contributed by atoms with van der Waals surface area (Å²) in [5.41, 5.74) is 8.29. The molecule has 0 bridgehead atoms. The highest BCUT2D eigenvalue weighted by molar-refractivity contribution is 6.33. The van der Waals surface area contributed by atoms with Gasteiger partial charge in [-0.3, -0.25) is 4.79 Å². The van der Waals surface area contributed by atoms with E-state index in [0.717, 1.165) is 17.8 Å². The molecular weight excluding hydrogens is 262 g/mol. The van der Waals surface area contributed by atoms with Gasteiger partial charge in [0.1, 0.15) is 0 Å². The maximum absolute atomic E-state index is 11.8. The van der Waals surface area contributed by atoms with E-state index >= 15 is 0 Å². The van der Waals surface area contributed by atoms with Crippen LogP contribution in [-0.2, 0) is 4.79 Å². The van der Waals surface area contributed by atoms with Gasteiger partial charge in [-0.25, -0.2) is 0 Å². The molecule has 0 aliphatic heterocycles. The number of anilines is 2. The van der Waals surface area contributed by atoms with E-state index in [2.05, 4.69) is 5.32 Å². The zero-order valence-electron chi connectivity index (χ0n) is 12.0. The SMILES string of the molecule is CCN(CC(=O)NC(C)C)c1cc(Cl)c(N)cc1C. The fourth-order valence-corrected chi connectivity index (χ4v) is 2.10. The first-order chi connectivity index (χ1) is 8.85. The summed E-state index contributed by atoms with van der Waals surface area (Å²) in [6, 6.07) is 3.79. The summed E-state index contributed by atoms with van der Waals surface area (Å²) in [7, 11) is 0. The number of nitrogens with zero attached hydrogens (tertiary/aromatic N) is 1. The van der Waals surface area contributed by atoms with Crippen molar-refractivity contribution in [3.63, 3.8) is 0 Å². The van der Waals surface area contributed by atoms with Crippen LogP contribution >= 0.6 is 11.6 Å². The van der Waals surface area contributed by atoms with E-state index in [1.807, 2.05) is 44.7 Å². The summed E-state index contributed by atoms with van der Waals surface area (Å²) in [4.78, 5) is 13.8. The normalized spacial score (nSPS) is 10.6. The molecule has 1 aromatic rings. The minimum absolute atomic E-state index is 0.00389. The fraction of sp³-hybridized carbons (Fsp3) is 0.500. The van der Waals surface area contributed by atoms with Crippen LogP contribution < -0.4 is 16.0 Å². The van der Waals surface area contributed by atoms with Crippen molar-refractivity contribution in [2.24, 2.45) is 0 Å². The molecule has 5 heteroatoms. The largest absolute Gasteiger partial charge is 0.398 e. The maximum Gasteiger partial charge on any atom is 0.239 e. The van der Waals surface area contributed by atoms with Crippen LogP contribution in [0.1, 0.15) is 26.3 Å². The molecule has 0 unspecified atom stereocenters. The van der Waals surface area contributed by atoms with Crippen molar-refractivity contribution in [3.8, 4) is 0 Å². The summed E-state index contributed by atoms with van der Waals surface area (Å²) in [6.07, 6.45) is 0. The van der Waals surface area contributed by atoms with E-state index in [0.29, 0.717) is 17.3 Å². The minimum atomic E-state index is 0.00389. The van der Waals surface area contributed by atoms with Crippen LogP contribution in [0.3, 0.4) is 0 Å². The second-order valence-electron chi connectivity index (χ2n) is 4.90. The highest BCUT2D eigenvalue weighted by Gasteiger charge is 2.14. The van der Waals surface area contributed by atoms with E-state index in [4.69, 9.17) is 17.3 Å². The number of likely N-dealkylation sites (N-methyl/N-ethyl adjacent to an activating group) is 1. The number of nitrogen functional groups attached to an aromatic ring is 1. The molecule has 1 rings (SSSR count). The van der Waals surface area contributed by atoms with Crippen LogP contribution in [0.15, 0.2) is 12.1 Å². The number of nitrogens with two attached hydrogens (primary N) is 1. The first-order valence-corrected chi connectivity index (χ1v) is 6.82. The van der Waals surface area contributed by atoms with Gasteiger partial charge in [0.15, 0.2) is 0 Å². The molecule has 3 N–H and O–H groups in total. The van der Waals surface area contributed by atoms with Crippen molar-refractivity contribution in [2.45, 2.75) is 33.7 Å². The lowest BCUT2D eigenvalue weighted by Gasteiger charge is -2.25. The average molecular weight is 284 g/mol. The number of carbonyl (C=O) groups excluding carboxylic acids is 1. The van der Waals surface area contributed by atoms with Crippen LogP contribution in [0.2, 0.25) is 5.02 Å². The van der Waals surface area contributed by atoms with Crippen molar-refractivity contribution in [1.82, 2.24) is 5.32 Å². The van der Waals surface area contributed by atoms with E-state index in [1.54, 1.807) is 0 Å². The minimum Gasteiger partial charge on any atom is -0.398 e. The van der Waals surface area contributed by atoms with Gasteiger partial charge in [-0.05, 0) is 45.4 Å². The molecule has 0 saturated heterocycles. The number of amides is 1. The molecule has 0 radical (unpaired) electrons.